The Morgan fingerprint density at radius 1 is 1.12 bits per heavy atom. The smallest absolute Gasteiger partial charge is 0.425 e. The molecule has 0 radical (unpaired) electrons. The molecule has 2 amide bonds. The number of ether oxygens (including phenoxy) is 2. The number of hydrogen-bond acceptors (Lipinski definition) is 6. The maximum Gasteiger partial charge on any atom is 0.425 e. The molecule has 1 aromatic rings. The number of aliphatic imine (C=N–C) groups is 1. The Morgan fingerprint density at radius 3 is 2.09 bits per heavy atom. The average Bonchev–Trinajstić information content (AvgIpc) is 2.58. The van der Waals surface area contributed by atoms with E-state index in [1.54, 1.807) is 67.5 Å². The molecule has 0 spiro atoms. The lowest BCUT2D eigenvalue weighted by atomic mass is 10.1. The standard InChI is InChI=1S/C22H30BrFN2O5S/c1-20(2,3)30-18(27)26(19(28)31-21(4,5)6)17-22(7,8)32(29)12-16(25-17)14-11-13(23)9-10-15(14)24/h9-11,16H,12H2,1-8H3. The third kappa shape index (κ3) is 6.37. The van der Waals surface area contributed by atoms with Crippen molar-refractivity contribution in [3.8, 4) is 0 Å². The van der Waals surface area contributed by atoms with E-state index < -0.39 is 50.8 Å². The zero-order chi connectivity index (χ0) is 24.6. The van der Waals surface area contributed by atoms with Crippen molar-refractivity contribution in [1.29, 1.82) is 0 Å². The third-order valence-corrected chi connectivity index (χ3v) is 6.81. The van der Waals surface area contributed by atoms with Crippen molar-refractivity contribution < 1.29 is 27.7 Å². The predicted molar refractivity (Wildman–Crippen MR) is 126 cm³/mol. The Bertz CT molecular complexity index is 938. The number of imide groups is 1. The summed E-state index contributed by atoms with van der Waals surface area (Å²) >= 11 is 3.31. The van der Waals surface area contributed by atoms with E-state index in [1.165, 1.54) is 6.07 Å². The van der Waals surface area contributed by atoms with Crippen molar-refractivity contribution in [1.82, 2.24) is 4.90 Å². The van der Waals surface area contributed by atoms with Crippen LogP contribution in [0.25, 0.3) is 0 Å². The van der Waals surface area contributed by atoms with Gasteiger partial charge in [-0.25, -0.2) is 14.0 Å². The van der Waals surface area contributed by atoms with Crippen LogP contribution < -0.4 is 0 Å². The van der Waals surface area contributed by atoms with Gasteiger partial charge >= 0.3 is 12.2 Å². The fraction of sp³-hybridized carbons (Fsp3) is 0.591. The number of carbonyl (C=O) groups is 2. The van der Waals surface area contributed by atoms with Crippen LogP contribution in [-0.4, -0.2) is 48.8 Å². The van der Waals surface area contributed by atoms with Crippen molar-refractivity contribution >= 4 is 44.8 Å². The van der Waals surface area contributed by atoms with Crippen molar-refractivity contribution in [3.63, 3.8) is 0 Å². The van der Waals surface area contributed by atoms with E-state index >= 15 is 0 Å². The maximum absolute atomic E-state index is 14.6. The fourth-order valence-corrected chi connectivity index (χ4v) is 4.60. The molecule has 2 atom stereocenters. The summed E-state index contributed by atoms with van der Waals surface area (Å²) in [6.07, 6.45) is -2.02. The Hall–Kier alpha value is -1.81. The van der Waals surface area contributed by atoms with Gasteiger partial charge in [-0.2, -0.15) is 4.90 Å². The summed E-state index contributed by atoms with van der Waals surface area (Å²) in [5.74, 6) is -0.602. The van der Waals surface area contributed by atoms with Crippen LogP contribution >= 0.6 is 15.9 Å². The maximum atomic E-state index is 14.6. The number of amidine groups is 1. The normalized spacial score (nSPS) is 20.9. The van der Waals surface area contributed by atoms with E-state index in [1.807, 2.05) is 0 Å². The van der Waals surface area contributed by atoms with Gasteiger partial charge in [0.25, 0.3) is 0 Å². The van der Waals surface area contributed by atoms with Gasteiger partial charge in [0.05, 0.1) is 16.5 Å². The van der Waals surface area contributed by atoms with E-state index in [9.17, 15) is 18.2 Å². The molecule has 0 aromatic heterocycles. The molecule has 1 heterocycles. The van der Waals surface area contributed by atoms with Gasteiger partial charge in [0.1, 0.15) is 22.9 Å². The summed E-state index contributed by atoms with van der Waals surface area (Å²) < 4.78 is 38.0. The van der Waals surface area contributed by atoms with Crippen LogP contribution in [0.15, 0.2) is 27.7 Å². The Balaban J connectivity index is 2.66. The SMILES string of the molecule is CC(C)(C)OC(=O)N(C(=O)OC(C)(C)C)C1=NC(c2cc(Br)ccc2F)CS(=O)C1(C)C. The molecule has 0 saturated heterocycles. The minimum Gasteiger partial charge on any atom is -0.443 e. The molecule has 0 bridgehead atoms. The molecule has 1 aromatic carbocycles. The molecule has 1 aliphatic rings. The molecule has 32 heavy (non-hydrogen) atoms. The van der Waals surface area contributed by atoms with Gasteiger partial charge in [-0.15, -0.1) is 0 Å². The van der Waals surface area contributed by atoms with Gasteiger partial charge in [0.2, 0.25) is 0 Å². The summed E-state index contributed by atoms with van der Waals surface area (Å²) in [4.78, 5) is 31.4. The molecule has 0 N–H and O–H groups in total. The molecule has 1 aliphatic heterocycles. The summed E-state index contributed by atoms with van der Waals surface area (Å²) in [6.45, 7) is 13.2. The quantitative estimate of drug-likeness (QED) is 0.460. The second-order valence-electron chi connectivity index (χ2n) is 9.95. The van der Waals surface area contributed by atoms with Gasteiger partial charge < -0.3 is 9.47 Å². The van der Waals surface area contributed by atoms with Gasteiger partial charge in [0, 0.05) is 20.8 Å². The first-order chi connectivity index (χ1) is 14.4. The molecule has 7 nitrogen and oxygen atoms in total. The number of rotatable bonds is 1. The van der Waals surface area contributed by atoms with Gasteiger partial charge in [-0.1, -0.05) is 15.9 Å². The topological polar surface area (TPSA) is 85.3 Å². The molecule has 0 aliphatic carbocycles. The lowest BCUT2D eigenvalue weighted by molar-refractivity contribution is 0.0140. The Labute approximate surface area is 199 Å². The molecular formula is C22H30BrFN2O5S. The summed E-state index contributed by atoms with van der Waals surface area (Å²) in [5, 5.41) is 0. The number of hydrogen-bond donors (Lipinski definition) is 0. The summed E-state index contributed by atoms with van der Waals surface area (Å²) in [5.41, 5.74) is -1.62. The Morgan fingerprint density at radius 2 is 1.62 bits per heavy atom. The highest BCUT2D eigenvalue weighted by atomic mass is 79.9. The average molecular weight is 533 g/mol. The van der Waals surface area contributed by atoms with Gasteiger partial charge in [0.15, 0.2) is 0 Å². The van der Waals surface area contributed by atoms with Crippen molar-refractivity contribution in [2.75, 3.05) is 5.75 Å². The molecule has 10 heteroatoms. The van der Waals surface area contributed by atoms with Crippen LogP contribution in [0.5, 0.6) is 0 Å². The highest BCUT2D eigenvalue weighted by Crippen LogP contribution is 2.35. The van der Waals surface area contributed by atoms with E-state index in [4.69, 9.17) is 9.47 Å². The lowest BCUT2D eigenvalue weighted by Crippen LogP contribution is -2.57. The van der Waals surface area contributed by atoms with E-state index in [-0.39, 0.29) is 17.2 Å². The van der Waals surface area contributed by atoms with Gasteiger partial charge in [-0.05, 0) is 73.6 Å². The first-order valence-electron chi connectivity index (χ1n) is 10.1. The summed E-state index contributed by atoms with van der Waals surface area (Å²) in [7, 11) is -1.60. The number of halogens is 2. The van der Waals surface area contributed by atoms with Crippen molar-refractivity contribution in [3.05, 3.63) is 34.1 Å². The van der Waals surface area contributed by atoms with Crippen LogP contribution in [-0.2, 0) is 20.3 Å². The van der Waals surface area contributed by atoms with Crippen LogP contribution in [0.3, 0.4) is 0 Å². The van der Waals surface area contributed by atoms with Crippen molar-refractivity contribution in [2.24, 2.45) is 4.99 Å². The number of amides is 2. The molecule has 0 fully saturated rings. The minimum atomic E-state index is -1.60. The highest BCUT2D eigenvalue weighted by Gasteiger charge is 2.47. The largest absolute Gasteiger partial charge is 0.443 e. The van der Waals surface area contributed by atoms with Crippen LogP contribution in [0.4, 0.5) is 14.0 Å². The molecule has 178 valence electrons. The fourth-order valence-electron chi connectivity index (χ4n) is 2.91. The van der Waals surface area contributed by atoms with Crippen LogP contribution in [0.2, 0.25) is 0 Å². The van der Waals surface area contributed by atoms with E-state index in [0.717, 1.165) is 0 Å². The third-order valence-electron chi connectivity index (χ3n) is 4.38. The Kier molecular flexibility index (Phi) is 7.61. The first kappa shape index (κ1) is 26.4. The first-order valence-corrected chi connectivity index (χ1v) is 12.2. The number of carbonyl (C=O) groups excluding carboxylic acids is 2. The second-order valence-corrected chi connectivity index (χ2v) is 12.9. The molecule has 0 saturated carbocycles. The molecule has 2 rings (SSSR count). The number of benzene rings is 1. The molecular weight excluding hydrogens is 503 g/mol. The van der Waals surface area contributed by atoms with Gasteiger partial charge in [-0.3, -0.25) is 9.20 Å². The van der Waals surface area contributed by atoms with Crippen LogP contribution in [0, 0.1) is 5.82 Å². The zero-order valence-electron chi connectivity index (χ0n) is 19.6. The minimum absolute atomic E-state index is 0.0281. The van der Waals surface area contributed by atoms with E-state index in [0.29, 0.717) is 9.37 Å². The van der Waals surface area contributed by atoms with Crippen LogP contribution in [0.1, 0.15) is 67.0 Å². The second kappa shape index (κ2) is 9.21. The number of nitrogens with zero attached hydrogens (tertiary/aromatic N) is 2. The van der Waals surface area contributed by atoms with E-state index in [2.05, 4.69) is 20.9 Å². The molecule has 2 unspecified atom stereocenters. The monoisotopic (exact) mass is 532 g/mol. The predicted octanol–water partition coefficient (Wildman–Crippen LogP) is 5.74. The van der Waals surface area contributed by atoms with Crippen molar-refractivity contribution in [2.45, 2.75) is 77.4 Å². The lowest BCUT2D eigenvalue weighted by Gasteiger charge is -2.38. The zero-order valence-corrected chi connectivity index (χ0v) is 22.0. The highest BCUT2D eigenvalue weighted by molar-refractivity contribution is 9.10. The summed E-state index contributed by atoms with van der Waals surface area (Å²) in [6, 6.07) is 3.49.